The Hall–Kier alpha value is -2.39. The molecule has 10 heteroatoms. The minimum absolute atomic E-state index is 0. The number of pyridine rings is 1. The Morgan fingerprint density at radius 1 is 1.06 bits per heavy atom. The predicted octanol–water partition coefficient (Wildman–Crippen LogP) is 2.93. The van der Waals surface area contributed by atoms with Gasteiger partial charge in [0.05, 0.1) is 5.97 Å². The number of aromatic nitrogens is 1. The largest absolute Gasteiger partial charge is 1.00 e. The van der Waals surface area contributed by atoms with Gasteiger partial charge in [0.1, 0.15) is 18.2 Å². The first-order chi connectivity index (χ1) is 16.1. The SMILES string of the molecule is O=C([O-])c1cc(C2=C(c3cc(Cl)ccc3OCc3ccc(F)cc3)CCC2)cnc1C(F)(F)F.[Na+]. The first-order valence-corrected chi connectivity index (χ1v) is 10.7. The van der Waals surface area contributed by atoms with Gasteiger partial charge in [-0.1, -0.05) is 23.7 Å². The van der Waals surface area contributed by atoms with E-state index in [0.29, 0.717) is 41.2 Å². The summed E-state index contributed by atoms with van der Waals surface area (Å²) < 4.78 is 58.7. The van der Waals surface area contributed by atoms with Crippen LogP contribution >= 0.6 is 11.6 Å². The van der Waals surface area contributed by atoms with Crippen LogP contribution in [0.15, 0.2) is 54.7 Å². The molecule has 0 saturated heterocycles. The van der Waals surface area contributed by atoms with Gasteiger partial charge in [-0.2, -0.15) is 13.2 Å². The number of ether oxygens (including phenoxy) is 1. The summed E-state index contributed by atoms with van der Waals surface area (Å²) in [4.78, 5) is 14.8. The van der Waals surface area contributed by atoms with Gasteiger partial charge < -0.3 is 14.6 Å². The molecule has 2 aromatic carbocycles. The summed E-state index contributed by atoms with van der Waals surface area (Å²) in [7, 11) is 0. The minimum atomic E-state index is -4.92. The monoisotopic (exact) mass is 513 g/mol. The number of hydrogen-bond donors (Lipinski definition) is 0. The maximum Gasteiger partial charge on any atom is 1.00 e. The van der Waals surface area contributed by atoms with Crippen molar-refractivity contribution in [2.24, 2.45) is 0 Å². The Kier molecular flexibility index (Phi) is 8.64. The number of allylic oxidation sites excluding steroid dienone is 2. The fourth-order valence-electron chi connectivity index (χ4n) is 3.98. The molecule has 4 nitrogen and oxygen atoms in total. The number of aromatic carboxylic acids is 1. The van der Waals surface area contributed by atoms with Gasteiger partial charge in [-0.25, -0.2) is 4.39 Å². The number of benzene rings is 2. The number of carboxylic acid groups (broad SMARTS) is 1. The van der Waals surface area contributed by atoms with Crippen molar-refractivity contribution in [1.82, 2.24) is 4.98 Å². The third-order valence-electron chi connectivity index (χ3n) is 5.52. The predicted molar refractivity (Wildman–Crippen MR) is 116 cm³/mol. The van der Waals surface area contributed by atoms with Crippen molar-refractivity contribution in [2.75, 3.05) is 0 Å². The molecule has 0 atom stereocenters. The Morgan fingerprint density at radius 2 is 1.74 bits per heavy atom. The van der Waals surface area contributed by atoms with Crippen LogP contribution in [0, 0.1) is 5.82 Å². The molecular formula is C25H17ClF4NNaO3. The van der Waals surface area contributed by atoms with Crippen LogP contribution in [0.1, 0.15) is 52.0 Å². The molecule has 0 bridgehead atoms. The summed E-state index contributed by atoms with van der Waals surface area (Å²) in [5, 5.41) is 11.8. The third kappa shape index (κ3) is 6.25. The summed E-state index contributed by atoms with van der Waals surface area (Å²) in [6.45, 7) is 0.161. The van der Waals surface area contributed by atoms with Crippen LogP contribution in [0.4, 0.5) is 17.6 Å². The van der Waals surface area contributed by atoms with Crippen molar-refractivity contribution in [2.45, 2.75) is 32.0 Å². The van der Waals surface area contributed by atoms with Crippen molar-refractivity contribution >= 4 is 28.7 Å². The number of halogens is 5. The van der Waals surface area contributed by atoms with Crippen molar-refractivity contribution in [1.29, 1.82) is 0 Å². The molecule has 176 valence electrons. The number of hydrogen-bond acceptors (Lipinski definition) is 4. The molecule has 0 radical (unpaired) electrons. The Labute approximate surface area is 225 Å². The van der Waals surface area contributed by atoms with Crippen LogP contribution in [-0.4, -0.2) is 11.0 Å². The molecule has 0 saturated carbocycles. The molecule has 0 amide bonds. The van der Waals surface area contributed by atoms with Crippen LogP contribution < -0.4 is 39.4 Å². The van der Waals surface area contributed by atoms with Gasteiger partial charge in [0.25, 0.3) is 0 Å². The van der Waals surface area contributed by atoms with E-state index in [-0.39, 0.29) is 47.5 Å². The molecule has 1 aromatic heterocycles. The molecular weight excluding hydrogens is 497 g/mol. The Balaban J connectivity index is 0.00000342. The zero-order chi connectivity index (χ0) is 24.5. The minimum Gasteiger partial charge on any atom is -0.545 e. The van der Waals surface area contributed by atoms with Gasteiger partial charge in [-0.3, -0.25) is 4.98 Å². The second-order valence-corrected chi connectivity index (χ2v) is 8.21. The molecule has 35 heavy (non-hydrogen) atoms. The van der Waals surface area contributed by atoms with E-state index in [9.17, 15) is 27.5 Å². The Morgan fingerprint density at radius 3 is 2.40 bits per heavy atom. The molecule has 0 fully saturated rings. The second kappa shape index (κ2) is 11.1. The number of carbonyl (C=O) groups is 1. The summed E-state index contributed by atoms with van der Waals surface area (Å²) in [6, 6.07) is 11.8. The maximum atomic E-state index is 13.2. The fraction of sp³-hybridized carbons (Fsp3) is 0.200. The quantitative estimate of drug-likeness (QED) is 0.376. The number of alkyl halides is 3. The normalized spacial score (nSPS) is 13.5. The van der Waals surface area contributed by atoms with Crippen molar-refractivity contribution in [3.05, 3.63) is 93.5 Å². The molecule has 4 rings (SSSR count). The van der Waals surface area contributed by atoms with E-state index in [4.69, 9.17) is 16.3 Å². The summed E-state index contributed by atoms with van der Waals surface area (Å²) in [5.74, 6) is -1.83. The van der Waals surface area contributed by atoms with E-state index in [1.807, 2.05) is 0 Å². The summed E-state index contributed by atoms with van der Waals surface area (Å²) in [5.41, 5.74) is 0.597. The molecule has 1 heterocycles. The van der Waals surface area contributed by atoms with Crippen molar-refractivity contribution in [3.8, 4) is 5.75 Å². The standard InChI is InChI=1S/C25H18ClF4NO3.Na/c26-16-6-9-22(34-13-14-4-7-17(27)8-5-14)20(11-16)19-3-1-2-18(19)15-10-21(24(32)33)23(31-12-15)25(28,29)30;/h4-12H,1-3,13H2,(H,32,33);/q;+1/p-1. The number of carbonyl (C=O) groups excluding carboxylic acids is 1. The van der Waals surface area contributed by atoms with Gasteiger partial charge in [-0.15, -0.1) is 0 Å². The van der Waals surface area contributed by atoms with Gasteiger partial charge in [0, 0.05) is 22.3 Å². The summed E-state index contributed by atoms with van der Waals surface area (Å²) in [6.07, 6.45) is -2.09. The zero-order valence-electron chi connectivity index (χ0n) is 18.6. The zero-order valence-corrected chi connectivity index (χ0v) is 21.3. The van der Waals surface area contributed by atoms with E-state index in [1.165, 1.54) is 12.1 Å². The maximum absolute atomic E-state index is 13.2. The molecule has 0 unspecified atom stereocenters. The van der Waals surface area contributed by atoms with Gasteiger partial charge in [0.15, 0.2) is 5.69 Å². The number of rotatable bonds is 6. The van der Waals surface area contributed by atoms with Crippen LogP contribution in [0.25, 0.3) is 11.1 Å². The van der Waals surface area contributed by atoms with Crippen LogP contribution in [0.2, 0.25) is 5.02 Å². The van der Waals surface area contributed by atoms with E-state index in [2.05, 4.69) is 4.98 Å². The van der Waals surface area contributed by atoms with Crippen molar-refractivity contribution < 1.29 is 61.8 Å². The van der Waals surface area contributed by atoms with E-state index < -0.39 is 23.4 Å². The number of carboxylic acids is 1. The summed E-state index contributed by atoms with van der Waals surface area (Å²) >= 11 is 6.22. The van der Waals surface area contributed by atoms with Crippen LogP contribution in [-0.2, 0) is 12.8 Å². The average Bonchev–Trinajstić information content (AvgIpc) is 3.28. The van der Waals surface area contributed by atoms with Crippen LogP contribution in [0.5, 0.6) is 5.75 Å². The first-order valence-electron chi connectivity index (χ1n) is 10.3. The second-order valence-electron chi connectivity index (χ2n) is 7.77. The third-order valence-corrected chi connectivity index (χ3v) is 5.75. The van der Waals surface area contributed by atoms with E-state index in [0.717, 1.165) is 23.4 Å². The fourth-order valence-corrected chi connectivity index (χ4v) is 4.15. The Bertz CT molecular complexity index is 1280. The average molecular weight is 514 g/mol. The topological polar surface area (TPSA) is 62.2 Å². The smallest absolute Gasteiger partial charge is 0.545 e. The van der Waals surface area contributed by atoms with Gasteiger partial charge >= 0.3 is 35.7 Å². The molecule has 3 aromatic rings. The molecule has 1 aliphatic rings. The molecule has 0 spiro atoms. The van der Waals surface area contributed by atoms with E-state index in [1.54, 1.807) is 30.3 Å². The van der Waals surface area contributed by atoms with E-state index >= 15 is 0 Å². The van der Waals surface area contributed by atoms with Crippen molar-refractivity contribution in [3.63, 3.8) is 0 Å². The molecule has 0 aliphatic heterocycles. The van der Waals surface area contributed by atoms with Crippen LogP contribution in [0.3, 0.4) is 0 Å². The van der Waals surface area contributed by atoms with Gasteiger partial charge in [-0.05, 0) is 77.9 Å². The first kappa shape index (κ1) is 27.2. The molecule has 1 aliphatic carbocycles. The number of nitrogens with zero attached hydrogens (tertiary/aromatic N) is 1. The van der Waals surface area contributed by atoms with Gasteiger partial charge in [0.2, 0.25) is 0 Å². The molecule has 0 N–H and O–H groups in total.